The van der Waals surface area contributed by atoms with Gasteiger partial charge in [0, 0.05) is 43.1 Å². The summed E-state index contributed by atoms with van der Waals surface area (Å²) in [6.07, 6.45) is 3.48. The van der Waals surface area contributed by atoms with Crippen molar-refractivity contribution in [2.75, 3.05) is 13.1 Å². The van der Waals surface area contributed by atoms with E-state index in [4.69, 9.17) is 0 Å². The van der Waals surface area contributed by atoms with Crippen LogP contribution in [0.25, 0.3) is 0 Å². The third-order valence-electron chi connectivity index (χ3n) is 4.91. The Balaban J connectivity index is 1.59. The van der Waals surface area contributed by atoms with Crippen LogP contribution in [0.5, 0.6) is 0 Å². The maximum absolute atomic E-state index is 13.2. The second-order valence-electron chi connectivity index (χ2n) is 6.75. The first kappa shape index (κ1) is 16.1. The van der Waals surface area contributed by atoms with Crippen LogP contribution < -0.4 is 5.32 Å². The first-order valence-electron chi connectivity index (χ1n) is 8.36. The fraction of sp³-hybridized carbons (Fsp3) is 0.556. The van der Waals surface area contributed by atoms with Gasteiger partial charge in [-0.15, -0.1) is 0 Å². The molecule has 1 N–H and O–H groups in total. The van der Waals surface area contributed by atoms with Crippen molar-refractivity contribution in [1.82, 2.24) is 10.2 Å². The van der Waals surface area contributed by atoms with Gasteiger partial charge in [0.25, 0.3) is 0 Å². The summed E-state index contributed by atoms with van der Waals surface area (Å²) in [7, 11) is 0. The maximum Gasteiger partial charge on any atom is 0.223 e. The smallest absolute Gasteiger partial charge is 0.223 e. The largest absolute Gasteiger partial charge is 0.341 e. The molecule has 1 amide bonds. The quantitative estimate of drug-likeness (QED) is 0.867. The lowest BCUT2D eigenvalue weighted by Crippen LogP contribution is -2.40. The molecule has 0 aromatic heterocycles. The van der Waals surface area contributed by atoms with Gasteiger partial charge in [0.1, 0.15) is 5.82 Å². The van der Waals surface area contributed by atoms with Gasteiger partial charge in [0.05, 0.1) is 0 Å². The molecule has 0 saturated carbocycles. The molecule has 3 rings (SSSR count). The van der Waals surface area contributed by atoms with E-state index in [0.717, 1.165) is 25.9 Å². The second kappa shape index (κ2) is 6.79. The number of fused-ring (bicyclic) bond motifs is 2. The maximum atomic E-state index is 13.2. The van der Waals surface area contributed by atoms with E-state index >= 15 is 0 Å². The number of carbonyl (C=O) groups is 2. The molecule has 1 aromatic rings. The standard InChI is InChI=1S/C18H23FN2O2/c1-12(18(23)13-3-2-4-14(19)10-13)9-17(22)21-8-7-15-5-6-16(11-21)20-15/h2-4,10,12,15-16,20H,5-9,11H2,1H3. The van der Waals surface area contributed by atoms with Gasteiger partial charge < -0.3 is 10.2 Å². The monoisotopic (exact) mass is 318 g/mol. The van der Waals surface area contributed by atoms with Crippen molar-refractivity contribution < 1.29 is 14.0 Å². The topological polar surface area (TPSA) is 49.4 Å². The van der Waals surface area contributed by atoms with E-state index in [-0.39, 0.29) is 18.1 Å². The molecule has 0 spiro atoms. The molecule has 5 heteroatoms. The number of carbonyl (C=O) groups excluding carboxylic acids is 2. The Morgan fingerprint density at radius 1 is 1.30 bits per heavy atom. The molecule has 23 heavy (non-hydrogen) atoms. The Morgan fingerprint density at radius 3 is 2.87 bits per heavy atom. The van der Waals surface area contributed by atoms with Crippen LogP contribution in [0.2, 0.25) is 0 Å². The van der Waals surface area contributed by atoms with Crippen LogP contribution in [-0.4, -0.2) is 41.8 Å². The molecule has 2 heterocycles. The Kier molecular flexibility index (Phi) is 4.76. The van der Waals surface area contributed by atoms with E-state index < -0.39 is 11.7 Å². The van der Waals surface area contributed by atoms with Crippen LogP contribution in [-0.2, 0) is 4.79 Å². The lowest BCUT2D eigenvalue weighted by atomic mass is 9.95. The molecule has 2 fully saturated rings. The Morgan fingerprint density at radius 2 is 2.09 bits per heavy atom. The number of nitrogens with zero attached hydrogens (tertiary/aromatic N) is 1. The van der Waals surface area contributed by atoms with Crippen molar-refractivity contribution in [3.8, 4) is 0 Å². The predicted octanol–water partition coefficient (Wildman–Crippen LogP) is 2.39. The van der Waals surface area contributed by atoms with Crippen molar-refractivity contribution in [3.05, 3.63) is 35.6 Å². The van der Waals surface area contributed by atoms with Crippen LogP contribution >= 0.6 is 0 Å². The molecule has 4 nitrogen and oxygen atoms in total. The predicted molar refractivity (Wildman–Crippen MR) is 85.7 cm³/mol. The average Bonchev–Trinajstić information content (AvgIpc) is 2.85. The molecular weight excluding hydrogens is 295 g/mol. The summed E-state index contributed by atoms with van der Waals surface area (Å²) in [4.78, 5) is 26.8. The van der Waals surface area contributed by atoms with E-state index in [1.165, 1.54) is 24.6 Å². The lowest BCUT2D eigenvalue weighted by Gasteiger charge is -2.25. The van der Waals surface area contributed by atoms with Crippen molar-refractivity contribution in [1.29, 1.82) is 0 Å². The second-order valence-corrected chi connectivity index (χ2v) is 6.75. The van der Waals surface area contributed by atoms with Crippen molar-refractivity contribution in [2.45, 2.75) is 44.7 Å². The van der Waals surface area contributed by atoms with Gasteiger partial charge >= 0.3 is 0 Å². The first-order valence-corrected chi connectivity index (χ1v) is 8.36. The average molecular weight is 318 g/mol. The van der Waals surface area contributed by atoms with Gasteiger partial charge in [-0.2, -0.15) is 0 Å². The number of hydrogen-bond acceptors (Lipinski definition) is 3. The van der Waals surface area contributed by atoms with Gasteiger partial charge in [-0.1, -0.05) is 19.1 Å². The van der Waals surface area contributed by atoms with E-state index in [1.54, 1.807) is 13.0 Å². The number of ketones is 1. The number of rotatable bonds is 4. The number of hydrogen-bond donors (Lipinski definition) is 1. The van der Waals surface area contributed by atoms with E-state index in [9.17, 15) is 14.0 Å². The summed E-state index contributed by atoms with van der Waals surface area (Å²) in [6, 6.07) is 6.59. The van der Waals surface area contributed by atoms with Crippen LogP contribution in [0.3, 0.4) is 0 Å². The van der Waals surface area contributed by atoms with Crippen molar-refractivity contribution in [2.24, 2.45) is 5.92 Å². The fourth-order valence-corrected chi connectivity index (χ4v) is 3.58. The summed E-state index contributed by atoms with van der Waals surface area (Å²) in [5.74, 6) is -1.01. The van der Waals surface area contributed by atoms with Gasteiger partial charge in [-0.05, 0) is 31.4 Å². The summed E-state index contributed by atoms with van der Waals surface area (Å²) in [5, 5.41) is 3.54. The van der Waals surface area contributed by atoms with Crippen LogP contribution in [0.4, 0.5) is 4.39 Å². The minimum Gasteiger partial charge on any atom is -0.341 e. The summed E-state index contributed by atoms with van der Waals surface area (Å²) in [6.45, 7) is 3.23. The molecule has 2 aliphatic heterocycles. The Labute approximate surface area is 136 Å². The van der Waals surface area contributed by atoms with E-state index in [1.807, 2.05) is 4.90 Å². The van der Waals surface area contributed by atoms with Gasteiger partial charge in [0.15, 0.2) is 5.78 Å². The molecule has 2 bridgehead atoms. The number of Topliss-reactive ketones (excluding diaryl/α,β-unsaturated/α-hetero) is 1. The van der Waals surface area contributed by atoms with Gasteiger partial charge in [0.2, 0.25) is 5.91 Å². The molecule has 3 atom stereocenters. The molecule has 3 unspecified atom stereocenters. The van der Waals surface area contributed by atoms with E-state index in [2.05, 4.69) is 5.32 Å². The zero-order chi connectivity index (χ0) is 16.4. The molecule has 0 aliphatic carbocycles. The highest BCUT2D eigenvalue weighted by atomic mass is 19.1. The minimum absolute atomic E-state index is 0.0246. The highest BCUT2D eigenvalue weighted by Crippen LogP contribution is 2.22. The van der Waals surface area contributed by atoms with Crippen LogP contribution in [0, 0.1) is 11.7 Å². The third kappa shape index (κ3) is 3.78. The lowest BCUT2D eigenvalue weighted by molar-refractivity contribution is -0.132. The first-order chi connectivity index (χ1) is 11.0. The highest BCUT2D eigenvalue weighted by molar-refractivity contribution is 5.99. The number of likely N-dealkylation sites (tertiary alicyclic amines) is 1. The molecular formula is C18H23FN2O2. The number of nitrogens with one attached hydrogen (secondary N) is 1. The fourth-order valence-electron chi connectivity index (χ4n) is 3.58. The molecule has 0 radical (unpaired) electrons. The third-order valence-corrected chi connectivity index (χ3v) is 4.91. The van der Waals surface area contributed by atoms with E-state index in [0.29, 0.717) is 17.6 Å². The molecule has 1 aromatic carbocycles. The van der Waals surface area contributed by atoms with Crippen molar-refractivity contribution in [3.63, 3.8) is 0 Å². The van der Waals surface area contributed by atoms with Crippen molar-refractivity contribution >= 4 is 11.7 Å². The summed E-state index contributed by atoms with van der Waals surface area (Å²) >= 11 is 0. The Bertz CT molecular complexity index is 604. The SMILES string of the molecule is CC(CC(=O)N1CCC2CCC(C1)N2)C(=O)c1cccc(F)c1. The molecule has 124 valence electrons. The zero-order valence-electron chi connectivity index (χ0n) is 13.4. The Hall–Kier alpha value is -1.75. The van der Waals surface area contributed by atoms with Crippen LogP contribution in [0.15, 0.2) is 24.3 Å². The summed E-state index contributed by atoms with van der Waals surface area (Å²) in [5.41, 5.74) is 0.335. The van der Waals surface area contributed by atoms with Crippen LogP contribution in [0.1, 0.15) is 43.0 Å². The normalized spacial score (nSPS) is 25.0. The minimum atomic E-state index is -0.433. The summed E-state index contributed by atoms with van der Waals surface area (Å²) < 4.78 is 13.2. The zero-order valence-corrected chi connectivity index (χ0v) is 13.4. The number of benzene rings is 1. The molecule has 2 aliphatic rings. The van der Waals surface area contributed by atoms with Gasteiger partial charge in [-0.25, -0.2) is 4.39 Å². The highest BCUT2D eigenvalue weighted by Gasteiger charge is 2.32. The molecule has 2 saturated heterocycles. The van der Waals surface area contributed by atoms with Gasteiger partial charge in [-0.3, -0.25) is 9.59 Å². The number of amides is 1. The number of halogens is 1.